The Bertz CT molecular complexity index is 361. The fourth-order valence-electron chi connectivity index (χ4n) is 2.22. The maximum atomic E-state index is 12.0. The van der Waals surface area contributed by atoms with E-state index in [2.05, 4.69) is 29.3 Å². The van der Waals surface area contributed by atoms with Crippen LogP contribution in [0.4, 0.5) is 0 Å². The molecule has 2 saturated carbocycles. The number of nitrogens with one attached hydrogen (secondary N) is 1. The molecule has 0 saturated heterocycles. The number of nitrogens with zero attached hydrogens (tertiary/aromatic N) is 2. The number of carbonyl (C=O) groups excluding carboxylic acids is 1. The largest absolute Gasteiger partial charge is 0.409 e. The van der Waals surface area contributed by atoms with Crippen molar-refractivity contribution in [3.8, 4) is 0 Å². The first-order valence-electron chi connectivity index (χ1n) is 6.49. The van der Waals surface area contributed by atoms with Crippen molar-refractivity contribution in [1.29, 1.82) is 0 Å². The molecule has 6 nitrogen and oxygen atoms in total. The summed E-state index contributed by atoms with van der Waals surface area (Å²) in [5.74, 6) is -0.0861. The predicted octanol–water partition coefficient (Wildman–Crippen LogP) is 0.112. The van der Waals surface area contributed by atoms with Crippen molar-refractivity contribution in [3.63, 3.8) is 0 Å². The highest BCUT2D eigenvalue weighted by Crippen LogP contribution is 2.46. The monoisotopic (exact) mass is 254 g/mol. The average molecular weight is 254 g/mol. The lowest BCUT2D eigenvalue weighted by atomic mass is 10.1. The minimum absolute atomic E-state index is 0.0307. The van der Waals surface area contributed by atoms with E-state index in [0.717, 1.165) is 0 Å². The fraction of sp³-hybridized carbons (Fsp3) is 0.833. The molecule has 1 atom stereocenters. The molecule has 0 bridgehead atoms. The molecule has 1 amide bonds. The second-order valence-corrected chi connectivity index (χ2v) is 5.52. The maximum absolute atomic E-state index is 12.0. The van der Waals surface area contributed by atoms with Crippen molar-refractivity contribution in [2.24, 2.45) is 16.3 Å². The number of hydrogen-bond donors (Lipinski definition) is 3. The summed E-state index contributed by atoms with van der Waals surface area (Å²) in [6, 6.07) is 0.986. The first-order chi connectivity index (χ1) is 8.51. The first kappa shape index (κ1) is 13.1. The van der Waals surface area contributed by atoms with Gasteiger partial charge in [0.25, 0.3) is 0 Å². The van der Waals surface area contributed by atoms with E-state index in [-0.39, 0.29) is 11.7 Å². The zero-order valence-corrected chi connectivity index (χ0v) is 11.0. The average Bonchev–Trinajstić information content (AvgIpc) is 3.25. The molecule has 0 heterocycles. The van der Waals surface area contributed by atoms with Gasteiger partial charge in [-0.15, -0.1) is 0 Å². The molecule has 0 aromatic carbocycles. The Kier molecular flexibility index (Phi) is 3.47. The summed E-state index contributed by atoms with van der Waals surface area (Å²) in [4.78, 5) is 14.3. The van der Waals surface area contributed by atoms with Crippen molar-refractivity contribution in [2.75, 3.05) is 13.6 Å². The molecule has 18 heavy (non-hydrogen) atoms. The third-order valence-corrected chi connectivity index (χ3v) is 4.16. The van der Waals surface area contributed by atoms with Crippen LogP contribution in [0.5, 0.6) is 0 Å². The number of carbonyl (C=O) groups is 1. The van der Waals surface area contributed by atoms with Gasteiger partial charge in [-0.05, 0) is 39.7 Å². The van der Waals surface area contributed by atoms with Crippen molar-refractivity contribution in [1.82, 2.24) is 10.2 Å². The number of rotatable bonds is 6. The number of amidine groups is 1. The summed E-state index contributed by atoms with van der Waals surface area (Å²) in [5, 5.41) is 14.6. The second-order valence-electron chi connectivity index (χ2n) is 5.52. The molecule has 6 heteroatoms. The SMILES string of the molecule is CC(CNC(=O)C1(C(N)=NO)CC1)N(C)C1CC1. The highest BCUT2D eigenvalue weighted by Gasteiger charge is 2.54. The molecule has 0 aliphatic heterocycles. The minimum atomic E-state index is -0.743. The highest BCUT2D eigenvalue weighted by atomic mass is 16.4. The molecule has 1 unspecified atom stereocenters. The number of likely N-dealkylation sites (N-methyl/N-ethyl adjacent to an activating group) is 1. The molecular weight excluding hydrogens is 232 g/mol. The van der Waals surface area contributed by atoms with E-state index in [0.29, 0.717) is 31.5 Å². The van der Waals surface area contributed by atoms with Crippen LogP contribution in [0.1, 0.15) is 32.6 Å². The van der Waals surface area contributed by atoms with Crippen LogP contribution in [0.3, 0.4) is 0 Å². The molecule has 2 rings (SSSR count). The van der Waals surface area contributed by atoms with Crippen LogP contribution in [-0.2, 0) is 4.79 Å². The topological polar surface area (TPSA) is 91.0 Å². The molecule has 0 radical (unpaired) electrons. The molecule has 0 aromatic rings. The van der Waals surface area contributed by atoms with E-state index in [9.17, 15) is 4.79 Å². The first-order valence-corrected chi connectivity index (χ1v) is 6.49. The summed E-state index contributed by atoms with van der Waals surface area (Å²) < 4.78 is 0. The van der Waals surface area contributed by atoms with Gasteiger partial charge < -0.3 is 16.3 Å². The molecule has 2 aliphatic carbocycles. The van der Waals surface area contributed by atoms with E-state index in [1.54, 1.807) is 0 Å². The van der Waals surface area contributed by atoms with Crippen LogP contribution in [0, 0.1) is 5.41 Å². The normalized spacial score (nSPS) is 23.8. The number of nitrogens with two attached hydrogens (primary N) is 1. The van der Waals surface area contributed by atoms with Gasteiger partial charge in [0.15, 0.2) is 5.84 Å². The smallest absolute Gasteiger partial charge is 0.234 e. The molecule has 2 aliphatic rings. The van der Waals surface area contributed by atoms with Gasteiger partial charge in [-0.3, -0.25) is 9.69 Å². The van der Waals surface area contributed by atoms with Crippen molar-refractivity contribution in [2.45, 2.75) is 44.7 Å². The van der Waals surface area contributed by atoms with Crippen LogP contribution in [0.25, 0.3) is 0 Å². The Hall–Kier alpha value is -1.30. The van der Waals surface area contributed by atoms with E-state index in [4.69, 9.17) is 10.9 Å². The minimum Gasteiger partial charge on any atom is -0.409 e. The second kappa shape index (κ2) is 4.76. The van der Waals surface area contributed by atoms with Gasteiger partial charge in [0.05, 0.1) is 0 Å². The van der Waals surface area contributed by atoms with Gasteiger partial charge in [0.2, 0.25) is 5.91 Å². The molecule has 2 fully saturated rings. The summed E-state index contributed by atoms with van der Waals surface area (Å²) in [6.07, 6.45) is 3.84. The van der Waals surface area contributed by atoms with E-state index >= 15 is 0 Å². The van der Waals surface area contributed by atoms with Crippen LogP contribution in [-0.4, -0.2) is 47.5 Å². The summed E-state index contributed by atoms with van der Waals surface area (Å²) in [7, 11) is 2.09. The third-order valence-electron chi connectivity index (χ3n) is 4.16. The standard InChI is InChI=1S/C12H22N4O2/c1-8(16(2)9-3-4-9)7-14-11(17)12(5-6-12)10(13)15-18/h8-9,18H,3-7H2,1-2H3,(H2,13,15)(H,14,17). The Balaban J connectivity index is 1.81. The number of hydrogen-bond acceptors (Lipinski definition) is 4. The summed E-state index contributed by atoms with van der Waals surface area (Å²) in [5.41, 5.74) is 4.82. The summed E-state index contributed by atoms with van der Waals surface area (Å²) in [6.45, 7) is 2.70. The van der Waals surface area contributed by atoms with Gasteiger partial charge in [-0.2, -0.15) is 0 Å². The molecule has 102 valence electrons. The van der Waals surface area contributed by atoms with Gasteiger partial charge in [0, 0.05) is 18.6 Å². The maximum Gasteiger partial charge on any atom is 0.234 e. The van der Waals surface area contributed by atoms with E-state index in [1.165, 1.54) is 12.8 Å². The van der Waals surface area contributed by atoms with Crippen LogP contribution < -0.4 is 11.1 Å². The highest BCUT2D eigenvalue weighted by molar-refractivity contribution is 6.09. The van der Waals surface area contributed by atoms with Gasteiger partial charge in [-0.25, -0.2) is 0 Å². The number of oxime groups is 1. The fourth-order valence-corrected chi connectivity index (χ4v) is 2.22. The molecule has 4 N–H and O–H groups in total. The van der Waals surface area contributed by atoms with Gasteiger partial charge in [0.1, 0.15) is 5.41 Å². The lowest BCUT2D eigenvalue weighted by Gasteiger charge is -2.25. The third kappa shape index (κ3) is 2.43. The Morgan fingerprint density at radius 3 is 2.67 bits per heavy atom. The van der Waals surface area contributed by atoms with Crippen molar-refractivity contribution >= 4 is 11.7 Å². The van der Waals surface area contributed by atoms with E-state index in [1.807, 2.05) is 0 Å². The molecular formula is C12H22N4O2. The zero-order chi connectivity index (χ0) is 13.3. The van der Waals surface area contributed by atoms with E-state index < -0.39 is 5.41 Å². The van der Waals surface area contributed by atoms with Crippen LogP contribution in [0.2, 0.25) is 0 Å². The number of amides is 1. The van der Waals surface area contributed by atoms with Crippen molar-refractivity contribution in [3.05, 3.63) is 0 Å². The Morgan fingerprint density at radius 1 is 1.61 bits per heavy atom. The van der Waals surface area contributed by atoms with Crippen LogP contribution >= 0.6 is 0 Å². The van der Waals surface area contributed by atoms with Gasteiger partial charge >= 0.3 is 0 Å². The van der Waals surface area contributed by atoms with Crippen LogP contribution in [0.15, 0.2) is 5.16 Å². The quantitative estimate of drug-likeness (QED) is 0.271. The lowest BCUT2D eigenvalue weighted by Crippen LogP contribution is -2.46. The molecule has 0 spiro atoms. The van der Waals surface area contributed by atoms with Gasteiger partial charge in [-0.1, -0.05) is 5.16 Å². The van der Waals surface area contributed by atoms with Crippen molar-refractivity contribution < 1.29 is 10.0 Å². The zero-order valence-electron chi connectivity index (χ0n) is 11.0. The lowest BCUT2D eigenvalue weighted by molar-refractivity contribution is -0.124. The Labute approximate surface area is 107 Å². The molecule has 0 aromatic heterocycles. The summed E-state index contributed by atoms with van der Waals surface area (Å²) >= 11 is 0. The Morgan fingerprint density at radius 2 is 2.22 bits per heavy atom. The predicted molar refractivity (Wildman–Crippen MR) is 68.3 cm³/mol.